The number of rotatable bonds is 2. The van der Waals surface area contributed by atoms with Crippen LogP contribution in [-0.2, 0) is 0 Å². The number of hydrogen-bond acceptors (Lipinski definition) is 2. The topological polar surface area (TPSA) is 24.9 Å². The van der Waals surface area contributed by atoms with E-state index in [0.29, 0.717) is 0 Å². The maximum Gasteiger partial charge on any atom is 0.127 e. The predicted molar refractivity (Wildman–Crippen MR) is 95.6 cm³/mol. The van der Waals surface area contributed by atoms with E-state index in [-0.39, 0.29) is 5.54 Å². The summed E-state index contributed by atoms with van der Waals surface area (Å²) < 4.78 is 0. The Morgan fingerprint density at radius 2 is 1.68 bits per heavy atom. The van der Waals surface area contributed by atoms with Gasteiger partial charge in [0.25, 0.3) is 0 Å². The quantitative estimate of drug-likeness (QED) is 0.650. The van der Waals surface area contributed by atoms with Gasteiger partial charge in [0, 0.05) is 15.9 Å². The van der Waals surface area contributed by atoms with Crippen LogP contribution >= 0.6 is 11.6 Å². The van der Waals surface area contributed by atoms with Crippen LogP contribution in [0.1, 0.15) is 20.8 Å². The standard InChI is InChI=1S/C19H19ClN2/c1-19(2,3)22-18-12-15(13-7-5-4-6-8-13)16-11-14(20)9-10-17(16)21-18/h4-12H,1-3H3,(H,21,22). The zero-order chi connectivity index (χ0) is 15.7. The molecule has 0 bridgehead atoms. The highest BCUT2D eigenvalue weighted by Crippen LogP contribution is 2.32. The first-order valence-corrected chi connectivity index (χ1v) is 7.74. The summed E-state index contributed by atoms with van der Waals surface area (Å²) in [4.78, 5) is 4.72. The molecule has 22 heavy (non-hydrogen) atoms. The van der Waals surface area contributed by atoms with Gasteiger partial charge in [-0.05, 0) is 56.2 Å². The fraction of sp³-hybridized carbons (Fsp3) is 0.211. The van der Waals surface area contributed by atoms with E-state index in [0.717, 1.165) is 32.9 Å². The lowest BCUT2D eigenvalue weighted by Gasteiger charge is -2.22. The summed E-state index contributed by atoms with van der Waals surface area (Å²) in [6.07, 6.45) is 0. The molecule has 112 valence electrons. The lowest BCUT2D eigenvalue weighted by atomic mass is 10.0. The number of fused-ring (bicyclic) bond motifs is 1. The van der Waals surface area contributed by atoms with Gasteiger partial charge in [-0.25, -0.2) is 4.98 Å². The summed E-state index contributed by atoms with van der Waals surface area (Å²) in [5.41, 5.74) is 3.20. The molecule has 3 aromatic rings. The second kappa shape index (κ2) is 5.62. The number of nitrogens with one attached hydrogen (secondary N) is 1. The molecule has 3 heteroatoms. The largest absolute Gasteiger partial charge is 0.365 e. The van der Waals surface area contributed by atoms with Gasteiger partial charge in [0.15, 0.2) is 0 Å². The number of benzene rings is 2. The summed E-state index contributed by atoms with van der Waals surface area (Å²) in [7, 11) is 0. The molecule has 2 nitrogen and oxygen atoms in total. The Balaban J connectivity index is 2.24. The summed E-state index contributed by atoms with van der Waals surface area (Å²) in [5.74, 6) is 0.876. The number of anilines is 1. The summed E-state index contributed by atoms with van der Waals surface area (Å²) in [5, 5.41) is 5.25. The highest BCUT2D eigenvalue weighted by molar-refractivity contribution is 6.31. The van der Waals surface area contributed by atoms with Gasteiger partial charge in [0.2, 0.25) is 0 Å². The minimum absolute atomic E-state index is 0.0406. The molecule has 0 fully saturated rings. The van der Waals surface area contributed by atoms with E-state index >= 15 is 0 Å². The molecule has 1 N–H and O–H groups in total. The minimum atomic E-state index is -0.0406. The van der Waals surface area contributed by atoms with E-state index in [1.165, 1.54) is 0 Å². The maximum atomic E-state index is 6.18. The van der Waals surface area contributed by atoms with E-state index in [9.17, 15) is 0 Å². The van der Waals surface area contributed by atoms with Crippen LogP contribution in [0.25, 0.3) is 22.0 Å². The van der Waals surface area contributed by atoms with Gasteiger partial charge in [-0.15, -0.1) is 0 Å². The molecule has 0 aliphatic heterocycles. The van der Waals surface area contributed by atoms with Crippen molar-refractivity contribution in [3.05, 3.63) is 59.6 Å². The molecule has 0 unspecified atom stereocenters. The maximum absolute atomic E-state index is 6.18. The molecular weight excluding hydrogens is 292 g/mol. The summed E-state index contributed by atoms with van der Waals surface area (Å²) in [6, 6.07) is 18.3. The van der Waals surface area contributed by atoms with Gasteiger partial charge in [0.05, 0.1) is 5.52 Å². The number of pyridine rings is 1. The van der Waals surface area contributed by atoms with Crippen molar-refractivity contribution in [1.29, 1.82) is 0 Å². The molecule has 0 aliphatic rings. The van der Waals surface area contributed by atoms with E-state index in [4.69, 9.17) is 16.6 Å². The first-order chi connectivity index (χ1) is 10.4. The van der Waals surface area contributed by atoms with Crippen LogP contribution in [-0.4, -0.2) is 10.5 Å². The highest BCUT2D eigenvalue weighted by atomic mass is 35.5. The van der Waals surface area contributed by atoms with Crippen molar-refractivity contribution >= 4 is 28.3 Å². The zero-order valence-corrected chi connectivity index (χ0v) is 13.8. The molecule has 3 rings (SSSR count). The molecule has 0 aliphatic carbocycles. The van der Waals surface area contributed by atoms with Crippen LogP contribution in [0.5, 0.6) is 0 Å². The highest BCUT2D eigenvalue weighted by Gasteiger charge is 2.13. The predicted octanol–water partition coefficient (Wildman–Crippen LogP) is 5.77. The number of aromatic nitrogens is 1. The molecular formula is C19H19ClN2. The van der Waals surface area contributed by atoms with Crippen molar-refractivity contribution in [3.8, 4) is 11.1 Å². The Morgan fingerprint density at radius 3 is 2.36 bits per heavy atom. The molecule has 0 atom stereocenters. The molecule has 0 saturated heterocycles. The fourth-order valence-corrected chi connectivity index (χ4v) is 2.67. The molecule has 0 radical (unpaired) electrons. The lowest BCUT2D eigenvalue weighted by molar-refractivity contribution is 0.631. The van der Waals surface area contributed by atoms with Crippen LogP contribution in [0.2, 0.25) is 5.02 Å². The monoisotopic (exact) mass is 310 g/mol. The Hall–Kier alpha value is -2.06. The molecule has 2 aromatic carbocycles. The van der Waals surface area contributed by atoms with Gasteiger partial charge < -0.3 is 5.32 Å². The SMILES string of the molecule is CC(C)(C)Nc1cc(-c2ccccc2)c2cc(Cl)ccc2n1. The molecule has 1 heterocycles. The summed E-state index contributed by atoms with van der Waals surface area (Å²) in [6.45, 7) is 6.38. The Labute approximate surface area is 136 Å². The lowest BCUT2D eigenvalue weighted by Crippen LogP contribution is -2.26. The van der Waals surface area contributed by atoms with Gasteiger partial charge in [-0.3, -0.25) is 0 Å². The summed E-state index contributed by atoms with van der Waals surface area (Å²) >= 11 is 6.18. The third-order valence-corrected chi connectivity index (χ3v) is 3.59. The van der Waals surface area contributed by atoms with Crippen molar-refractivity contribution in [2.75, 3.05) is 5.32 Å². The normalized spacial score (nSPS) is 11.6. The smallest absolute Gasteiger partial charge is 0.127 e. The van der Waals surface area contributed by atoms with Crippen LogP contribution in [0.3, 0.4) is 0 Å². The average Bonchev–Trinajstić information content (AvgIpc) is 2.46. The van der Waals surface area contributed by atoms with Gasteiger partial charge in [-0.1, -0.05) is 41.9 Å². The van der Waals surface area contributed by atoms with Gasteiger partial charge in [-0.2, -0.15) is 0 Å². The van der Waals surface area contributed by atoms with E-state index < -0.39 is 0 Å². The van der Waals surface area contributed by atoms with E-state index in [2.05, 4.69) is 44.3 Å². The first kappa shape index (κ1) is 14.9. The van der Waals surface area contributed by atoms with Gasteiger partial charge in [0.1, 0.15) is 5.82 Å². The minimum Gasteiger partial charge on any atom is -0.365 e. The fourth-order valence-electron chi connectivity index (χ4n) is 2.50. The van der Waals surface area contributed by atoms with E-state index in [1.54, 1.807) is 0 Å². The molecule has 0 spiro atoms. The third kappa shape index (κ3) is 3.23. The van der Waals surface area contributed by atoms with Crippen molar-refractivity contribution in [1.82, 2.24) is 4.98 Å². The Morgan fingerprint density at radius 1 is 0.955 bits per heavy atom. The molecule has 0 amide bonds. The van der Waals surface area contributed by atoms with E-state index in [1.807, 2.05) is 36.4 Å². The molecule has 1 aromatic heterocycles. The van der Waals surface area contributed by atoms with Crippen LogP contribution in [0.15, 0.2) is 54.6 Å². The number of halogens is 1. The number of nitrogens with zero attached hydrogens (tertiary/aromatic N) is 1. The second-order valence-electron chi connectivity index (χ2n) is 6.46. The van der Waals surface area contributed by atoms with Crippen molar-refractivity contribution in [2.24, 2.45) is 0 Å². The first-order valence-electron chi connectivity index (χ1n) is 7.36. The second-order valence-corrected chi connectivity index (χ2v) is 6.89. The molecule has 0 saturated carbocycles. The average molecular weight is 311 g/mol. The van der Waals surface area contributed by atoms with Crippen molar-refractivity contribution < 1.29 is 0 Å². The van der Waals surface area contributed by atoms with Gasteiger partial charge >= 0.3 is 0 Å². The third-order valence-electron chi connectivity index (χ3n) is 3.36. The number of hydrogen-bond donors (Lipinski definition) is 1. The Kier molecular flexibility index (Phi) is 3.79. The van der Waals surface area contributed by atoms with Crippen molar-refractivity contribution in [2.45, 2.75) is 26.3 Å². The van der Waals surface area contributed by atoms with Crippen molar-refractivity contribution in [3.63, 3.8) is 0 Å². The van der Waals surface area contributed by atoms with Crippen LogP contribution in [0.4, 0.5) is 5.82 Å². The Bertz CT molecular complexity index is 805. The zero-order valence-electron chi connectivity index (χ0n) is 13.0. The van der Waals surface area contributed by atoms with Crippen LogP contribution in [0, 0.1) is 0 Å². The van der Waals surface area contributed by atoms with Crippen LogP contribution < -0.4 is 5.32 Å².